The lowest BCUT2D eigenvalue weighted by Gasteiger charge is -2.29. The Kier molecular flexibility index (Phi) is 8.10. The molecular formula is C24H31N3O5S. The molecule has 1 fully saturated rings. The van der Waals surface area contributed by atoms with Gasteiger partial charge in [-0.25, -0.2) is 8.42 Å². The normalized spacial score (nSPS) is 15.1. The maximum Gasteiger partial charge on any atom is 0.259 e. The molecule has 0 spiro atoms. The first-order valence-corrected chi connectivity index (χ1v) is 12.6. The molecule has 178 valence electrons. The number of anilines is 1. The lowest BCUT2D eigenvalue weighted by Crippen LogP contribution is -2.38. The lowest BCUT2D eigenvalue weighted by atomic mass is 10.0. The summed E-state index contributed by atoms with van der Waals surface area (Å²) in [6, 6.07) is 10.9. The second-order valence-corrected chi connectivity index (χ2v) is 10.1. The zero-order chi connectivity index (χ0) is 24.0. The smallest absolute Gasteiger partial charge is 0.259 e. The number of carbonyl (C=O) groups is 2. The van der Waals surface area contributed by atoms with Crippen LogP contribution in [0, 0.1) is 5.92 Å². The largest absolute Gasteiger partial charge is 0.496 e. The standard InChI is InChI=1S/C24H31N3O5S/c1-4-13-25-23(28)19-7-5-6-8-21(19)26-24(29)20-16-18(9-10-22(20)32-3)33(30,31)27-14-11-17(2)12-15-27/h5-10,16-17H,4,11-15H2,1-3H3,(H,25,28)(H,26,29). The van der Waals surface area contributed by atoms with Crippen molar-refractivity contribution in [3.05, 3.63) is 53.6 Å². The minimum Gasteiger partial charge on any atom is -0.496 e. The number of ether oxygens (including phenoxy) is 1. The summed E-state index contributed by atoms with van der Waals surface area (Å²) in [7, 11) is -2.32. The highest BCUT2D eigenvalue weighted by molar-refractivity contribution is 7.89. The first kappa shape index (κ1) is 24.7. The van der Waals surface area contributed by atoms with Gasteiger partial charge >= 0.3 is 0 Å². The van der Waals surface area contributed by atoms with Crippen LogP contribution >= 0.6 is 0 Å². The number of sulfonamides is 1. The number of para-hydroxylation sites is 1. The fourth-order valence-corrected chi connectivity index (χ4v) is 5.21. The third-order valence-electron chi connectivity index (χ3n) is 5.75. The van der Waals surface area contributed by atoms with Crippen molar-refractivity contribution in [3.63, 3.8) is 0 Å². The fraction of sp³-hybridized carbons (Fsp3) is 0.417. The van der Waals surface area contributed by atoms with Crippen molar-refractivity contribution in [1.29, 1.82) is 0 Å². The van der Waals surface area contributed by atoms with Crippen molar-refractivity contribution in [1.82, 2.24) is 9.62 Å². The van der Waals surface area contributed by atoms with E-state index < -0.39 is 15.9 Å². The van der Waals surface area contributed by atoms with Crippen LogP contribution in [0.15, 0.2) is 47.4 Å². The van der Waals surface area contributed by atoms with Crippen LogP contribution in [-0.2, 0) is 10.0 Å². The van der Waals surface area contributed by atoms with Gasteiger partial charge in [-0.1, -0.05) is 26.0 Å². The van der Waals surface area contributed by atoms with E-state index in [1.165, 1.54) is 29.6 Å². The van der Waals surface area contributed by atoms with Crippen LogP contribution in [0.5, 0.6) is 5.75 Å². The highest BCUT2D eigenvalue weighted by Gasteiger charge is 2.29. The quantitative estimate of drug-likeness (QED) is 0.611. The molecule has 0 saturated carbocycles. The van der Waals surface area contributed by atoms with E-state index in [2.05, 4.69) is 17.6 Å². The Hall–Kier alpha value is -2.91. The molecule has 2 aromatic carbocycles. The molecule has 1 saturated heterocycles. The minimum absolute atomic E-state index is 0.0389. The highest BCUT2D eigenvalue weighted by Crippen LogP contribution is 2.28. The van der Waals surface area contributed by atoms with Crippen molar-refractivity contribution >= 4 is 27.5 Å². The molecule has 1 aliphatic heterocycles. The molecule has 2 N–H and O–H groups in total. The summed E-state index contributed by atoms with van der Waals surface area (Å²) < 4.78 is 33.1. The Balaban J connectivity index is 1.89. The minimum atomic E-state index is -3.74. The summed E-state index contributed by atoms with van der Waals surface area (Å²) in [4.78, 5) is 25.7. The number of hydrogen-bond acceptors (Lipinski definition) is 5. The summed E-state index contributed by atoms with van der Waals surface area (Å²) in [6.45, 7) is 5.49. The first-order valence-electron chi connectivity index (χ1n) is 11.1. The van der Waals surface area contributed by atoms with Crippen LogP contribution in [0.2, 0.25) is 0 Å². The molecule has 3 rings (SSSR count). The number of carbonyl (C=O) groups excluding carboxylic acids is 2. The van der Waals surface area contributed by atoms with E-state index in [0.717, 1.165) is 19.3 Å². The Morgan fingerprint density at radius 2 is 1.76 bits per heavy atom. The second kappa shape index (κ2) is 10.8. The van der Waals surface area contributed by atoms with E-state index in [0.29, 0.717) is 36.8 Å². The van der Waals surface area contributed by atoms with Crippen molar-refractivity contribution in [2.45, 2.75) is 38.0 Å². The molecule has 9 heteroatoms. The van der Waals surface area contributed by atoms with Gasteiger partial charge in [0.1, 0.15) is 5.75 Å². The molecule has 1 heterocycles. The summed E-state index contributed by atoms with van der Waals surface area (Å²) in [5, 5.41) is 5.53. The Morgan fingerprint density at radius 1 is 1.06 bits per heavy atom. The van der Waals surface area contributed by atoms with E-state index in [-0.39, 0.29) is 22.1 Å². The van der Waals surface area contributed by atoms with Crippen molar-refractivity contribution in [2.24, 2.45) is 5.92 Å². The molecule has 0 radical (unpaired) electrons. The van der Waals surface area contributed by atoms with Gasteiger partial charge in [0.2, 0.25) is 10.0 Å². The van der Waals surface area contributed by atoms with Gasteiger partial charge in [0, 0.05) is 19.6 Å². The average molecular weight is 474 g/mol. The number of methoxy groups -OCH3 is 1. The van der Waals surface area contributed by atoms with Gasteiger partial charge in [-0.15, -0.1) is 0 Å². The Morgan fingerprint density at radius 3 is 2.42 bits per heavy atom. The number of piperidine rings is 1. The monoisotopic (exact) mass is 473 g/mol. The van der Waals surface area contributed by atoms with E-state index in [4.69, 9.17) is 4.74 Å². The fourth-order valence-electron chi connectivity index (χ4n) is 3.71. The molecule has 0 aromatic heterocycles. The van der Waals surface area contributed by atoms with Gasteiger partial charge < -0.3 is 15.4 Å². The summed E-state index contributed by atoms with van der Waals surface area (Å²) in [6.07, 6.45) is 2.40. The van der Waals surface area contributed by atoms with Crippen LogP contribution < -0.4 is 15.4 Å². The number of nitrogens with zero attached hydrogens (tertiary/aromatic N) is 1. The number of benzene rings is 2. The van der Waals surface area contributed by atoms with Crippen molar-refractivity contribution in [3.8, 4) is 5.75 Å². The van der Waals surface area contributed by atoms with E-state index in [9.17, 15) is 18.0 Å². The second-order valence-electron chi connectivity index (χ2n) is 8.20. The highest BCUT2D eigenvalue weighted by atomic mass is 32.2. The van der Waals surface area contributed by atoms with Crippen LogP contribution in [0.4, 0.5) is 5.69 Å². The molecule has 0 unspecified atom stereocenters. The molecule has 2 amide bonds. The van der Waals surface area contributed by atoms with E-state index in [1.54, 1.807) is 24.3 Å². The van der Waals surface area contributed by atoms with Crippen LogP contribution in [0.1, 0.15) is 53.8 Å². The molecule has 33 heavy (non-hydrogen) atoms. The van der Waals surface area contributed by atoms with Gasteiger partial charge in [0.15, 0.2) is 0 Å². The summed E-state index contributed by atoms with van der Waals surface area (Å²) in [5.74, 6) is -0.128. The topological polar surface area (TPSA) is 105 Å². The average Bonchev–Trinajstić information content (AvgIpc) is 2.82. The third-order valence-corrected chi connectivity index (χ3v) is 7.65. The zero-order valence-corrected chi connectivity index (χ0v) is 20.1. The molecule has 1 aliphatic rings. The SMILES string of the molecule is CCCNC(=O)c1ccccc1NC(=O)c1cc(S(=O)(=O)N2CCC(C)CC2)ccc1OC. The summed E-state index contributed by atoms with van der Waals surface area (Å²) >= 11 is 0. The molecular weight excluding hydrogens is 442 g/mol. The van der Waals surface area contributed by atoms with E-state index >= 15 is 0 Å². The first-order chi connectivity index (χ1) is 15.8. The summed E-state index contributed by atoms with van der Waals surface area (Å²) in [5.41, 5.74) is 0.730. The van der Waals surface area contributed by atoms with Crippen molar-refractivity contribution in [2.75, 3.05) is 32.1 Å². The molecule has 0 bridgehead atoms. The number of rotatable bonds is 8. The van der Waals surface area contributed by atoms with Gasteiger partial charge in [-0.2, -0.15) is 4.31 Å². The van der Waals surface area contributed by atoms with Crippen LogP contribution in [0.3, 0.4) is 0 Å². The van der Waals surface area contributed by atoms with Gasteiger partial charge in [0.05, 0.1) is 28.8 Å². The van der Waals surface area contributed by atoms with Gasteiger partial charge in [0.25, 0.3) is 11.8 Å². The maximum absolute atomic E-state index is 13.2. The van der Waals surface area contributed by atoms with Crippen molar-refractivity contribution < 1.29 is 22.7 Å². The predicted molar refractivity (Wildman–Crippen MR) is 127 cm³/mol. The van der Waals surface area contributed by atoms with Gasteiger partial charge in [-0.3, -0.25) is 9.59 Å². The van der Waals surface area contributed by atoms with Gasteiger partial charge in [-0.05, 0) is 55.5 Å². The van der Waals surface area contributed by atoms with E-state index in [1.807, 2.05) is 6.92 Å². The molecule has 8 nitrogen and oxygen atoms in total. The third kappa shape index (κ3) is 5.72. The predicted octanol–water partition coefficient (Wildman–Crippen LogP) is 3.51. The Labute approximate surface area is 195 Å². The molecule has 2 aromatic rings. The maximum atomic E-state index is 13.2. The number of nitrogens with one attached hydrogen (secondary N) is 2. The molecule has 0 aliphatic carbocycles. The molecule has 0 atom stereocenters. The Bertz CT molecular complexity index is 1110. The lowest BCUT2D eigenvalue weighted by molar-refractivity contribution is 0.0954. The number of hydrogen-bond donors (Lipinski definition) is 2. The van der Waals surface area contributed by atoms with Crippen LogP contribution in [0.25, 0.3) is 0 Å². The number of amides is 2. The zero-order valence-electron chi connectivity index (χ0n) is 19.3. The van der Waals surface area contributed by atoms with Crippen LogP contribution in [-0.4, -0.2) is 51.3 Å².